The van der Waals surface area contributed by atoms with E-state index in [1.54, 1.807) is 29.9 Å². The number of pyridine rings is 1. The maximum Gasteiger partial charge on any atom is 0.267 e. The molecule has 8 heteroatoms. The summed E-state index contributed by atoms with van der Waals surface area (Å²) in [5, 5.41) is 5.70. The van der Waals surface area contributed by atoms with Crippen molar-refractivity contribution in [1.29, 1.82) is 0 Å². The largest absolute Gasteiger partial charge is 0.397 e. The number of carbonyl (C=O) groups excluding carboxylic acids is 1. The zero-order chi connectivity index (χ0) is 20.5. The third-order valence-electron chi connectivity index (χ3n) is 4.55. The van der Waals surface area contributed by atoms with E-state index in [1.807, 2.05) is 53.9 Å². The quantitative estimate of drug-likeness (QED) is 0.403. The number of hydrogen-bond donors (Lipinski definition) is 2. The number of nitrogens with one attached hydrogen (secondary N) is 1. The fraction of sp³-hybridized carbons (Fsp3) is 0. The Morgan fingerprint density at radius 1 is 1.03 bits per heavy atom. The molecule has 0 aliphatic rings. The maximum absolute atomic E-state index is 12.9. The van der Waals surface area contributed by atoms with Crippen molar-refractivity contribution in [3.05, 3.63) is 77.4 Å². The molecule has 0 radical (unpaired) electrons. The number of nitrogen functional groups attached to an aromatic ring is 1. The van der Waals surface area contributed by atoms with E-state index in [0.29, 0.717) is 32.5 Å². The first kappa shape index (κ1) is 18.4. The summed E-state index contributed by atoms with van der Waals surface area (Å²) in [5.74, 6) is -0.250. The van der Waals surface area contributed by atoms with Crippen LogP contribution in [0.15, 0.2) is 72.5 Å². The number of para-hydroxylation sites is 1. The third kappa shape index (κ3) is 3.32. The molecule has 6 nitrogen and oxygen atoms in total. The Morgan fingerprint density at radius 3 is 2.63 bits per heavy atom. The Bertz CT molecular complexity index is 1330. The molecule has 0 fully saturated rings. The lowest BCUT2D eigenvalue weighted by Gasteiger charge is -2.06. The molecule has 30 heavy (non-hydrogen) atoms. The van der Waals surface area contributed by atoms with Crippen molar-refractivity contribution in [1.82, 2.24) is 15.0 Å². The zero-order valence-corrected chi connectivity index (χ0v) is 17.2. The van der Waals surface area contributed by atoms with Gasteiger partial charge < -0.3 is 11.1 Å². The molecule has 1 aromatic carbocycles. The van der Waals surface area contributed by atoms with Crippen molar-refractivity contribution in [2.45, 2.75) is 0 Å². The van der Waals surface area contributed by atoms with Gasteiger partial charge in [-0.1, -0.05) is 24.3 Å². The monoisotopic (exact) mass is 429 g/mol. The smallest absolute Gasteiger partial charge is 0.267 e. The second-order valence-electron chi connectivity index (χ2n) is 6.47. The van der Waals surface area contributed by atoms with Crippen LogP contribution in [0.25, 0.3) is 32.0 Å². The number of rotatable bonds is 4. The van der Waals surface area contributed by atoms with Gasteiger partial charge in [0.1, 0.15) is 15.4 Å². The highest BCUT2D eigenvalue weighted by molar-refractivity contribution is 7.21. The molecule has 0 aliphatic heterocycles. The molecular formula is C22H15N5OS2. The molecule has 3 N–H and O–H groups in total. The molecule has 5 aromatic rings. The molecular weight excluding hydrogens is 414 g/mol. The van der Waals surface area contributed by atoms with Gasteiger partial charge in [0.15, 0.2) is 0 Å². The van der Waals surface area contributed by atoms with E-state index in [4.69, 9.17) is 10.7 Å². The molecule has 4 aromatic heterocycles. The van der Waals surface area contributed by atoms with Gasteiger partial charge in [0.2, 0.25) is 0 Å². The highest BCUT2D eigenvalue weighted by Crippen LogP contribution is 2.42. The Labute approximate surface area is 180 Å². The number of carbonyl (C=O) groups is 1. The molecule has 0 unspecified atom stereocenters. The van der Waals surface area contributed by atoms with Gasteiger partial charge in [0.25, 0.3) is 5.91 Å². The summed E-state index contributed by atoms with van der Waals surface area (Å²) in [7, 11) is 0. The van der Waals surface area contributed by atoms with Gasteiger partial charge in [-0.15, -0.1) is 22.7 Å². The van der Waals surface area contributed by atoms with E-state index in [9.17, 15) is 4.79 Å². The van der Waals surface area contributed by atoms with Crippen LogP contribution in [0.4, 0.5) is 11.4 Å². The summed E-state index contributed by atoms with van der Waals surface area (Å²) >= 11 is 2.89. The molecule has 1 amide bonds. The van der Waals surface area contributed by atoms with Crippen LogP contribution < -0.4 is 11.1 Å². The van der Waals surface area contributed by atoms with E-state index in [-0.39, 0.29) is 5.91 Å². The molecule has 146 valence electrons. The minimum Gasteiger partial charge on any atom is -0.397 e. The lowest BCUT2D eigenvalue weighted by atomic mass is 10.1. The van der Waals surface area contributed by atoms with Crippen LogP contribution in [0.1, 0.15) is 9.67 Å². The standard InChI is InChI=1S/C22H15N5OS2/c23-19-18-14(17-7-4-10-29-17)11-15(16-12-24-8-9-25-16)27-22(18)30-20(19)21(28)26-13-5-2-1-3-6-13/h1-12H,23H2,(H,26,28). The molecule has 4 heterocycles. The first-order valence-electron chi connectivity index (χ1n) is 9.10. The Kier molecular flexibility index (Phi) is 4.70. The molecule has 0 saturated carbocycles. The molecule has 0 aliphatic carbocycles. The number of amides is 1. The van der Waals surface area contributed by atoms with Gasteiger partial charge in [0, 0.05) is 33.9 Å². The van der Waals surface area contributed by atoms with Crippen molar-refractivity contribution in [3.63, 3.8) is 0 Å². The van der Waals surface area contributed by atoms with Gasteiger partial charge >= 0.3 is 0 Å². The SMILES string of the molecule is Nc1c(C(=O)Nc2ccccc2)sc2nc(-c3cnccn3)cc(-c3cccs3)c12. The van der Waals surface area contributed by atoms with Crippen LogP contribution in [0.5, 0.6) is 0 Å². The Morgan fingerprint density at radius 2 is 1.90 bits per heavy atom. The van der Waals surface area contributed by atoms with Crippen LogP contribution in [-0.4, -0.2) is 20.9 Å². The number of hydrogen-bond acceptors (Lipinski definition) is 7. The normalized spacial score (nSPS) is 10.9. The zero-order valence-electron chi connectivity index (χ0n) is 15.6. The molecule has 0 bridgehead atoms. The van der Waals surface area contributed by atoms with Gasteiger partial charge in [-0.05, 0) is 29.6 Å². The van der Waals surface area contributed by atoms with Crippen LogP contribution >= 0.6 is 22.7 Å². The number of thiophene rings is 2. The van der Waals surface area contributed by atoms with Crippen molar-refractivity contribution in [2.24, 2.45) is 0 Å². The minimum atomic E-state index is -0.250. The van der Waals surface area contributed by atoms with Crippen molar-refractivity contribution >= 4 is 50.2 Å². The fourth-order valence-electron chi connectivity index (χ4n) is 3.19. The Balaban J connectivity index is 1.67. The highest BCUT2D eigenvalue weighted by atomic mass is 32.1. The topological polar surface area (TPSA) is 93.8 Å². The van der Waals surface area contributed by atoms with E-state index < -0.39 is 0 Å². The number of nitrogens with zero attached hydrogens (tertiary/aromatic N) is 3. The van der Waals surface area contributed by atoms with Crippen molar-refractivity contribution in [3.8, 4) is 21.8 Å². The molecule has 0 spiro atoms. The summed E-state index contributed by atoms with van der Waals surface area (Å²) in [6.45, 7) is 0. The second-order valence-corrected chi connectivity index (χ2v) is 8.41. The summed E-state index contributed by atoms with van der Waals surface area (Å²) in [6, 6.07) is 15.3. The first-order chi connectivity index (χ1) is 14.7. The van der Waals surface area contributed by atoms with E-state index in [1.165, 1.54) is 11.3 Å². The highest BCUT2D eigenvalue weighted by Gasteiger charge is 2.22. The predicted octanol–water partition coefficient (Wildman–Crippen LogP) is 5.32. The minimum absolute atomic E-state index is 0.250. The first-order valence-corrected chi connectivity index (χ1v) is 10.8. The van der Waals surface area contributed by atoms with Crippen LogP contribution in [0.2, 0.25) is 0 Å². The fourth-order valence-corrected chi connectivity index (χ4v) is 4.95. The van der Waals surface area contributed by atoms with E-state index in [2.05, 4.69) is 15.3 Å². The van der Waals surface area contributed by atoms with Gasteiger partial charge in [-0.3, -0.25) is 14.8 Å². The van der Waals surface area contributed by atoms with Crippen LogP contribution in [-0.2, 0) is 0 Å². The van der Waals surface area contributed by atoms with Crippen molar-refractivity contribution in [2.75, 3.05) is 11.1 Å². The van der Waals surface area contributed by atoms with E-state index in [0.717, 1.165) is 15.8 Å². The molecule has 0 saturated heterocycles. The van der Waals surface area contributed by atoms with Gasteiger partial charge in [0.05, 0.1) is 17.6 Å². The summed E-state index contributed by atoms with van der Waals surface area (Å²) in [6.07, 6.45) is 4.93. The summed E-state index contributed by atoms with van der Waals surface area (Å²) in [5.41, 5.74) is 9.91. The van der Waals surface area contributed by atoms with Crippen LogP contribution in [0.3, 0.4) is 0 Å². The van der Waals surface area contributed by atoms with Crippen molar-refractivity contribution < 1.29 is 4.79 Å². The maximum atomic E-state index is 12.9. The summed E-state index contributed by atoms with van der Waals surface area (Å²) < 4.78 is 0. The number of nitrogens with two attached hydrogens (primary N) is 1. The number of anilines is 2. The number of benzene rings is 1. The lowest BCUT2D eigenvalue weighted by molar-refractivity contribution is 0.103. The average molecular weight is 430 g/mol. The third-order valence-corrected chi connectivity index (χ3v) is 6.55. The lowest BCUT2D eigenvalue weighted by Crippen LogP contribution is -2.11. The second kappa shape index (κ2) is 7.66. The van der Waals surface area contributed by atoms with E-state index >= 15 is 0 Å². The number of fused-ring (bicyclic) bond motifs is 1. The predicted molar refractivity (Wildman–Crippen MR) is 123 cm³/mol. The molecule has 5 rings (SSSR count). The van der Waals surface area contributed by atoms with Crippen LogP contribution in [0, 0.1) is 0 Å². The Hall–Kier alpha value is -3.62. The van der Waals surface area contributed by atoms with Gasteiger partial charge in [-0.2, -0.15) is 0 Å². The number of aromatic nitrogens is 3. The van der Waals surface area contributed by atoms with Gasteiger partial charge in [-0.25, -0.2) is 4.98 Å². The molecule has 0 atom stereocenters. The average Bonchev–Trinajstić information content (AvgIpc) is 3.43. The summed E-state index contributed by atoms with van der Waals surface area (Å²) in [4.78, 5) is 28.4.